The van der Waals surface area contributed by atoms with Crippen LogP contribution in [-0.2, 0) is 14.3 Å². The molecule has 112 valence electrons. The lowest BCUT2D eigenvalue weighted by molar-refractivity contribution is -0.148. The monoisotopic (exact) mass is 295 g/mol. The lowest BCUT2D eigenvalue weighted by atomic mass is 10.2. The largest absolute Gasteiger partial charge is 0.464 e. The van der Waals surface area contributed by atoms with Gasteiger partial charge in [-0.25, -0.2) is 22.4 Å². The van der Waals surface area contributed by atoms with E-state index in [9.17, 15) is 22.4 Å². The van der Waals surface area contributed by atoms with E-state index in [2.05, 4.69) is 10.1 Å². The Balaban J connectivity index is 2.45. The van der Waals surface area contributed by atoms with E-state index in [0.29, 0.717) is 0 Å². The Bertz CT molecular complexity index is 456. The zero-order valence-corrected chi connectivity index (χ0v) is 10.6. The highest BCUT2D eigenvalue weighted by atomic mass is 19.2. The predicted octanol–water partition coefficient (Wildman–Crippen LogP) is 2.23. The van der Waals surface area contributed by atoms with Gasteiger partial charge in [-0.2, -0.15) is 0 Å². The first-order valence-corrected chi connectivity index (χ1v) is 5.77. The molecule has 0 spiro atoms. The molecule has 4 nitrogen and oxygen atoms in total. The van der Waals surface area contributed by atoms with Crippen molar-refractivity contribution in [1.29, 1.82) is 0 Å². The van der Waals surface area contributed by atoms with Crippen LogP contribution >= 0.6 is 0 Å². The Morgan fingerprint density at radius 1 is 1.20 bits per heavy atom. The Morgan fingerprint density at radius 3 is 2.35 bits per heavy atom. The van der Waals surface area contributed by atoms with E-state index < -0.39 is 34.9 Å². The summed E-state index contributed by atoms with van der Waals surface area (Å²) in [6, 6.07) is 0.118. The quantitative estimate of drug-likeness (QED) is 0.363. The Labute approximate surface area is 112 Å². The average Bonchev–Trinajstić information content (AvgIpc) is 2.40. The standard InChI is InChI=1S/C12H13F4NO3/c1-2-20-9(18)6-19-4-3-17-12-10(15)7(13)5-8(14)11(12)16/h5,17H,2-4,6H2,1H3. The van der Waals surface area contributed by atoms with E-state index in [4.69, 9.17) is 4.74 Å². The zero-order chi connectivity index (χ0) is 15.1. The maximum atomic E-state index is 13.2. The highest BCUT2D eigenvalue weighted by Crippen LogP contribution is 2.23. The fraction of sp³-hybridized carbons (Fsp3) is 0.417. The van der Waals surface area contributed by atoms with Gasteiger partial charge in [0.15, 0.2) is 23.3 Å². The summed E-state index contributed by atoms with van der Waals surface area (Å²) in [5.74, 6) is -6.62. The summed E-state index contributed by atoms with van der Waals surface area (Å²) < 4.78 is 61.6. The second kappa shape index (κ2) is 7.68. The molecule has 8 heteroatoms. The molecule has 0 amide bonds. The molecule has 0 aliphatic rings. The Morgan fingerprint density at radius 2 is 1.80 bits per heavy atom. The van der Waals surface area contributed by atoms with Gasteiger partial charge in [-0.05, 0) is 6.92 Å². The molecule has 1 aromatic rings. The summed E-state index contributed by atoms with van der Waals surface area (Å²) in [4.78, 5) is 10.9. The Kier molecular flexibility index (Phi) is 6.23. The number of ether oxygens (including phenoxy) is 2. The minimum absolute atomic E-state index is 0.101. The number of esters is 1. The topological polar surface area (TPSA) is 47.6 Å². The van der Waals surface area contributed by atoms with E-state index in [1.807, 2.05) is 0 Å². The van der Waals surface area contributed by atoms with Crippen LogP contribution in [0.2, 0.25) is 0 Å². The van der Waals surface area contributed by atoms with Crippen molar-refractivity contribution in [2.75, 3.05) is 31.7 Å². The van der Waals surface area contributed by atoms with Gasteiger partial charge in [0.2, 0.25) is 0 Å². The van der Waals surface area contributed by atoms with Crippen LogP contribution in [0.5, 0.6) is 0 Å². The molecule has 0 aliphatic carbocycles. The van der Waals surface area contributed by atoms with Crippen LogP contribution in [0.4, 0.5) is 23.2 Å². The molecule has 0 aliphatic heterocycles. The van der Waals surface area contributed by atoms with Gasteiger partial charge in [0.1, 0.15) is 12.3 Å². The van der Waals surface area contributed by atoms with Crippen molar-refractivity contribution >= 4 is 11.7 Å². The van der Waals surface area contributed by atoms with Gasteiger partial charge in [0.25, 0.3) is 0 Å². The van der Waals surface area contributed by atoms with Crippen LogP contribution < -0.4 is 5.32 Å². The number of hydrogen-bond donors (Lipinski definition) is 1. The van der Waals surface area contributed by atoms with Crippen LogP contribution in [0.1, 0.15) is 6.92 Å². The molecule has 20 heavy (non-hydrogen) atoms. The van der Waals surface area contributed by atoms with Crippen molar-refractivity contribution in [2.24, 2.45) is 0 Å². The number of benzene rings is 1. The highest BCUT2D eigenvalue weighted by molar-refractivity contribution is 5.70. The molecule has 1 rings (SSSR count). The maximum absolute atomic E-state index is 13.2. The van der Waals surface area contributed by atoms with Crippen molar-refractivity contribution < 1.29 is 31.8 Å². The number of carbonyl (C=O) groups excluding carboxylic acids is 1. The smallest absolute Gasteiger partial charge is 0.332 e. The van der Waals surface area contributed by atoms with E-state index in [1.165, 1.54) is 0 Å². The van der Waals surface area contributed by atoms with Crippen molar-refractivity contribution in [3.63, 3.8) is 0 Å². The summed E-state index contributed by atoms with van der Waals surface area (Å²) >= 11 is 0. The summed E-state index contributed by atoms with van der Waals surface area (Å²) in [5, 5.41) is 2.16. The number of carbonyl (C=O) groups is 1. The average molecular weight is 295 g/mol. The van der Waals surface area contributed by atoms with Gasteiger partial charge in [-0.3, -0.25) is 0 Å². The Hall–Kier alpha value is -1.83. The van der Waals surface area contributed by atoms with E-state index in [0.717, 1.165) is 0 Å². The minimum Gasteiger partial charge on any atom is -0.464 e. The molecular formula is C12H13F4NO3. The second-order valence-corrected chi connectivity index (χ2v) is 3.63. The van der Waals surface area contributed by atoms with Gasteiger partial charge in [-0.15, -0.1) is 0 Å². The zero-order valence-electron chi connectivity index (χ0n) is 10.6. The molecule has 0 heterocycles. The van der Waals surface area contributed by atoms with E-state index >= 15 is 0 Å². The molecule has 0 aromatic heterocycles. The molecule has 0 radical (unpaired) electrons. The maximum Gasteiger partial charge on any atom is 0.332 e. The molecule has 0 fully saturated rings. The minimum atomic E-state index is -1.52. The van der Waals surface area contributed by atoms with Gasteiger partial charge in [0, 0.05) is 12.6 Å². The third-order valence-corrected chi connectivity index (χ3v) is 2.19. The summed E-state index contributed by atoms with van der Waals surface area (Å²) in [6.07, 6.45) is 0. The lowest BCUT2D eigenvalue weighted by Crippen LogP contribution is -2.17. The van der Waals surface area contributed by atoms with Crippen molar-refractivity contribution in [3.05, 3.63) is 29.3 Å². The SMILES string of the molecule is CCOC(=O)COCCNc1c(F)c(F)cc(F)c1F. The van der Waals surface area contributed by atoms with Gasteiger partial charge in [-0.1, -0.05) is 0 Å². The first-order valence-electron chi connectivity index (χ1n) is 5.77. The summed E-state index contributed by atoms with van der Waals surface area (Å²) in [5.41, 5.74) is -0.915. The molecule has 0 unspecified atom stereocenters. The highest BCUT2D eigenvalue weighted by Gasteiger charge is 2.18. The summed E-state index contributed by atoms with van der Waals surface area (Å²) in [6.45, 7) is 1.27. The number of rotatable bonds is 7. The van der Waals surface area contributed by atoms with Crippen LogP contribution in [0, 0.1) is 23.3 Å². The van der Waals surface area contributed by atoms with Gasteiger partial charge in [0.05, 0.1) is 13.2 Å². The van der Waals surface area contributed by atoms with E-state index in [-0.39, 0.29) is 32.4 Å². The normalized spacial score (nSPS) is 10.4. The van der Waals surface area contributed by atoms with Gasteiger partial charge >= 0.3 is 5.97 Å². The molecule has 1 N–H and O–H groups in total. The first kappa shape index (κ1) is 16.2. The second-order valence-electron chi connectivity index (χ2n) is 3.63. The third-order valence-electron chi connectivity index (χ3n) is 2.19. The van der Waals surface area contributed by atoms with Crippen LogP contribution in [0.3, 0.4) is 0 Å². The molecule has 1 aromatic carbocycles. The van der Waals surface area contributed by atoms with Crippen molar-refractivity contribution in [3.8, 4) is 0 Å². The lowest BCUT2D eigenvalue weighted by Gasteiger charge is -2.10. The van der Waals surface area contributed by atoms with E-state index in [1.54, 1.807) is 6.92 Å². The third kappa shape index (κ3) is 4.37. The molecular weight excluding hydrogens is 282 g/mol. The number of halogens is 4. The van der Waals surface area contributed by atoms with Crippen LogP contribution in [0.15, 0.2) is 6.07 Å². The number of anilines is 1. The molecule has 0 saturated carbocycles. The van der Waals surface area contributed by atoms with Crippen molar-refractivity contribution in [1.82, 2.24) is 0 Å². The van der Waals surface area contributed by atoms with Crippen LogP contribution in [0.25, 0.3) is 0 Å². The molecule has 0 saturated heterocycles. The predicted molar refractivity (Wildman–Crippen MR) is 62.2 cm³/mol. The number of nitrogens with one attached hydrogen (secondary N) is 1. The fourth-order valence-corrected chi connectivity index (χ4v) is 1.33. The van der Waals surface area contributed by atoms with Gasteiger partial charge < -0.3 is 14.8 Å². The van der Waals surface area contributed by atoms with Crippen molar-refractivity contribution in [2.45, 2.75) is 6.92 Å². The first-order chi connectivity index (χ1) is 9.47. The molecule has 0 bridgehead atoms. The fourth-order valence-electron chi connectivity index (χ4n) is 1.33. The van der Waals surface area contributed by atoms with Crippen LogP contribution in [-0.4, -0.2) is 32.3 Å². The number of hydrogen-bond acceptors (Lipinski definition) is 4. The molecule has 0 atom stereocenters. The summed E-state index contributed by atoms with van der Waals surface area (Å²) in [7, 11) is 0.